The van der Waals surface area contributed by atoms with Crippen LogP contribution in [0.4, 0.5) is 13.2 Å². The Bertz CT molecular complexity index is 472. The van der Waals surface area contributed by atoms with Gasteiger partial charge in [-0.15, -0.1) is 0 Å². The molecule has 1 saturated carbocycles. The molecule has 0 aromatic heterocycles. The van der Waals surface area contributed by atoms with Crippen LogP contribution in [0.25, 0.3) is 0 Å². The maximum atomic E-state index is 12.7. The lowest BCUT2D eigenvalue weighted by Crippen LogP contribution is -2.51. The molecule has 3 aliphatic rings. The maximum Gasteiger partial charge on any atom is 0.391 e. The third-order valence-corrected chi connectivity index (χ3v) is 5.74. The Morgan fingerprint density at radius 2 is 1.92 bits per heavy atom. The van der Waals surface area contributed by atoms with Gasteiger partial charge in [-0.2, -0.15) is 13.2 Å². The van der Waals surface area contributed by atoms with Gasteiger partial charge < -0.3 is 15.8 Å². The highest BCUT2D eigenvalue weighted by Gasteiger charge is 2.41. The van der Waals surface area contributed by atoms with Gasteiger partial charge >= 0.3 is 6.18 Å². The summed E-state index contributed by atoms with van der Waals surface area (Å²) in [6.07, 6.45) is -0.551. The first-order chi connectivity index (χ1) is 11.3. The maximum absolute atomic E-state index is 12.7. The van der Waals surface area contributed by atoms with Gasteiger partial charge in [0, 0.05) is 31.3 Å². The fourth-order valence-electron chi connectivity index (χ4n) is 4.20. The van der Waals surface area contributed by atoms with Crippen LogP contribution in [0.1, 0.15) is 45.4 Å². The summed E-state index contributed by atoms with van der Waals surface area (Å²) in [5.41, 5.74) is 8.58. The Morgan fingerprint density at radius 3 is 2.58 bits per heavy atom. The van der Waals surface area contributed by atoms with Gasteiger partial charge in [0.15, 0.2) is 0 Å². The van der Waals surface area contributed by atoms with Crippen LogP contribution in [0, 0.1) is 11.8 Å². The molecule has 4 nitrogen and oxygen atoms in total. The Labute approximate surface area is 141 Å². The number of hydrogen-bond acceptors (Lipinski definition) is 4. The van der Waals surface area contributed by atoms with E-state index in [9.17, 15) is 13.2 Å². The van der Waals surface area contributed by atoms with Gasteiger partial charge in [-0.25, -0.2) is 0 Å². The van der Waals surface area contributed by atoms with Gasteiger partial charge in [0.2, 0.25) is 0 Å². The summed E-state index contributed by atoms with van der Waals surface area (Å²) in [5.74, 6) is -0.743. The van der Waals surface area contributed by atoms with Crippen molar-refractivity contribution in [3.8, 4) is 0 Å². The van der Waals surface area contributed by atoms with Crippen LogP contribution in [0.5, 0.6) is 0 Å². The predicted molar refractivity (Wildman–Crippen MR) is 86.1 cm³/mol. The van der Waals surface area contributed by atoms with Gasteiger partial charge in [-0.3, -0.25) is 5.32 Å². The molecule has 0 aromatic carbocycles. The minimum absolute atomic E-state index is 0.0452. The van der Waals surface area contributed by atoms with E-state index in [2.05, 4.69) is 17.6 Å². The number of ether oxygens (including phenoxy) is 1. The molecular weight excluding hydrogens is 319 g/mol. The van der Waals surface area contributed by atoms with Crippen molar-refractivity contribution in [2.45, 2.75) is 69.9 Å². The van der Waals surface area contributed by atoms with E-state index in [0.717, 1.165) is 19.4 Å². The second-order valence-corrected chi connectivity index (χ2v) is 7.49. The van der Waals surface area contributed by atoms with Crippen molar-refractivity contribution in [2.75, 3.05) is 13.2 Å². The highest BCUT2D eigenvalue weighted by molar-refractivity contribution is 5.27. The summed E-state index contributed by atoms with van der Waals surface area (Å²) >= 11 is 0. The van der Waals surface area contributed by atoms with E-state index in [1.54, 1.807) is 0 Å². The molecule has 3 unspecified atom stereocenters. The Hall–Kier alpha value is -0.790. The zero-order chi connectivity index (χ0) is 17.3. The van der Waals surface area contributed by atoms with Crippen LogP contribution in [-0.2, 0) is 4.74 Å². The summed E-state index contributed by atoms with van der Waals surface area (Å²) in [4.78, 5) is 0. The molecule has 2 aliphatic heterocycles. The van der Waals surface area contributed by atoms with Crippen LogP contribution in [0.3, 0.4) is 0 Å². The highest BCUT2D eigenvalue weighted by atomic mass is 19.4. The van der Waals surface area contributed by atoms with Gasteiger partial charge in [-0.1, -0.05) is 0 Å². The second-order valence-electron chi connectivity index (χ2n) is 7.49. The molecule has 0 bridgehead atoms. The third kappa shape index (κ3) is 4.06. The largest absolute Gasteiger partial charge is 0.391 e. The lowest BCUT2D eigenvalue weighted by Gasteiger charge is -2.33. The zero-order valence-corrected chi connectivity index (χ0v) is 14.2. The lowest BCUT2D eigenvalue weighted by molar-refractivity contribution is -0.184. The van der Waals surface area contributed by atoms with Crippen molar-refractivity contribution >= 4 is 0 Å². The van der Waals surface area contributed by atoms with Gasteiger partial charge in [-0.05, 0) is 50.5 Å². The van der Waals surface area contributed by atoms with Crippen LogP contribution in [-0.4, -0.2) is 37.6 Å². The molecule has 0 aromatic rings. The van der Waals surface area contributed by atoms with E-state index in [0.29, 0.717) is 25.4 Å². The first-order valence-corrected chi connectivity index (χ1v) is 8.98. The summed E-state index contributed by atoms with van der Waals surface area (Å²) in [5, 5.41) is 6.79. The van der Waals surface area contributed by atoms with Gasteiger partial charge in [0.25, 0.3) is 0 Å². The number of fused-ring (bicyclic) bond motifs is 1. The predicted octanol–water partition coefficient (Wildman–Crippen LogP) is 2.65. The van der Waals surface area contributed by atoms with Crippen LogP contribution >= 0.6 is 0 Å². The lowest BCUT2D eigenvalue weighted by atomic mass is 9.80. The minimum atomic E-state index is -4.02. The quantitative estimate of drug-likeness (QED) is 0.732. The van der Waals surface area contributed by atoms with Crippen molar-refractivity contribution < 1.29 is 17.9 Å². The number of hydrogen-bond donors (Lipinski definition) is 3. The van der Waals surface area contributed by atoms with Crippen molar-refractivity contribution in [2.24, 2.45) is 17.6 Å². The van der Waals surface area contributed by atoms with Crippen molar-refractivity contribution in [3.05, 3.63) is 11.3 Å². The SMILES string of the molecule is CC1=C2NCC(N)C2NC(OCCC2CCC(C(F)(F)F)CC2)C1. The van der Waals surface area contributed by atoms with Crippen molar-refractivity contribution in [1.29, 1.82) is 0 Å². The molecule has 3 rings (SSSR count). The van der Waals surface area contributed by atoms with Crippen LogP contribution in [0.2, 0.25) is 0 Å². The minimum Gasteiger partial charge on any atom is -0.385 e. The number of nitrogens with one attached hydrogen (secondary N) is 2. The first kappa shape index (κ1) is 18.0. The monoisotopic (exact) mass is 347 g/mol. The average Bonchev–Trinajstić information content (AvgIpc) is 2.89. The van der Waals surface area contributed by atoms with Gasteiger partial charge in [0.1, 0.15) is 6.23 Å². The molecule has 4 N–H and O–H groups in total. The first-order valence-electron chi connectivity index (χ1n) is 8.98. The summed E-state index contributed by atoms with van der Waals surface area (Å²) in [7, 11) is 0. The molecule has 24 heavy (non-hydrogen) atoms. The summed E-state index contributed by atoms with van der Waals surface area (Å²) in [6, 6.07) is 0.185. The standard InChI is InChI=1S/C17H28F3N3O/c1-10-8-14(23-16-13(21)9-22-15(10)16)24-7-6-11-2-4-12(5-3-11)17(18,19)20/h11-14,16,22-23H,2-9,21H2,1H3. The van der Waals surface area contributed by atoms with E-state index >= 15 is 0 Å². The smallest absolute Gasteiger partial charge is 0.385 e. The van der Waals surface area contributed by atoms with Crippen LogP contribution in [0.15, 0.2) is 11.3 Å². The number of alkyl halides is 3. The van der Waals surface area contributed by atoms with E-state index in [-0.39, 0.29) is 31.2 Å². The topological polar surface area (TPSA) is 59.3 Å². The molecule has 1 aliphatic carbocycles. The Morgan fingerprint density at radius 1 is 1.21 bits per heavy atom. The molecule has 1 saturated heterocycles. The van der Waals surface area contributed by atoms with Crippen LogP contribution < -0.4 is 16.4 Å². The van der Waals surface area contributed by atoms with E-state index in [4.69, 9.17) is 10.5 Å². The van der Waals surface area contributed by atoms with Crippen molar-refractivity contribution in [3.63, 3.8) is 0 Å². The number of rotatable bonds is 4. The molecular formula is C17H28F3N3O. The second kappa shape index (κ2) is 7.22. The molecule has 0 spiro atoms. The summed E-state index contributed by atoms with van der Waals surface area (Å²) in [6.45, 7) is 3.47. The van der Waals surface area contributed by atoms with E-state index < -0.39 is 12.1 Å². The fraction of sp³-hybridized carbons (Fsp3) is 0.882. The Kier molecular flexibility index (Phi) is 5.42. The normalized spacial score (nSPS) is 37.3. The molecule has 7 heteroatoms. The van der Waals surface area contributed by atoms with E-state index in [1.165, 1.54) is 11.3 Å². The molecule has 0 radical (unpaired) electrons. The molecule has 2 fully saturated rings. The highest BCUT2D eigenvalue weighted by Crippen LogP contribution is 2.40. The Balaban J connectivity index is 1.39. The average molecular weight is 347 g/mol. The molecule has 2 heterocycles. The fourth-order valence-corrected chi connectivity index (χ4v) is 4.20. The van der Waals surface area contributed by atoms with Gasteiger partial charge in [0.05, 0.1) is 12.0 Å². The molecule has 3 atom stereocenters. The third-order valence-electron chi connectivity index (χ3n) is 5.74. The van der Waals surface area contributed by atoms with Crippen molar-refractivity contribution in [1.82, 2.24) is 10.6 Å². The number of nitrogens with two attached hydrogens (primary N) is 1. The zero-order valence-electron chi connectivity index (χ0n) is 14.2. The summed E-state index contributed by atoms with van der Waals surface area (Å²) < 4.78 is 44.0. The molecule has 138 valence electrons. The number of halogens is 3. The van der Waals surface area contributed by atoms with E-state index in [1.807, 2.05) is 0 Å². The molecule has 0 amide bonds.